The Labute approximate surface area is 110 Å². The van der Waals surface area contributed by atoms with Crippen molar-refractivity contribution in [2.45, 2.75) is 25.3 Å². The van der Waals surface area contributed by atoms with Crippen molar-refractivity contribution >= 4 is 23.4 Å². The Balaban J connectivity index is 2.25. The van der Waals surface area contributed by atoms with Gasteiger partial charge in [-0.05, 0) is 49.3 Å². The average Bonchev–Trinajstić information content (AvgIpc) is 2.28. The van der Waals surface area contributed by atoms with E-state index < -0.39 is 11.5 Å². The Morgan fingerprint density at radius 3 is 2.83 bits per heavy atom. The molecule has 1 heterocycles. The number of halogens is 1. The third-order valence-corrected chi connectivity index (χ3v) is 4.35. The van der Waals surface area contributed by atoms with E-state index in [4.69, 9.17) is 0 Å². The molecule has 1 aromatic carbocycles. The quantitative estimate of drug-likeness (QED) is 0.886. The normalized spacial score (nSPS) is 23.7. The van der Waals surface area contributed by atoms with Crippen LogP contribution in [0.1, 0.15) is 18.4 Å². The fourth-order valence-corrected chi connectivity index (χ4v) is 3.38. The smallest absolute Gasteiger partial charge is 0.330 e. The van der Waals surface area contributed by atoms with Crippen molar-refractivity contribution < 1.29 is 14.3 Å². The lowest BCUT2D eigenvalue weighted by molar-refractivity contribution is -0.141. The number of carboxylic acids is 1. The first-order valence-electron chi connectivity index (χ1n) is 5.88. The third-order valence-electron chi connectivity index (χ3n) is 3.08. The summed E-state index contributed by atoms with van der Waals surface area (Å²) in [5, 5.41) is 12.4. The second kappa shape index (κ2) is 5.18. The van der Waals surface area contributed by atoms with Gasteiger partial charge in [-0.15, -0.1) is 0 Å². The summed E-state index contributed by atoms with van der Waals surface area (Å²) >= 11 is 1.62. The van der Waals surface area contributed by atoms with Crippen LogP contribution in [0.15, 0.2) is 18.2 Å². The highest BCUT2D eigenvalue weighted by atomic mass is 32.2. The zero-order valence-corrected chi connectivity index (χ0v) is 11.0. The van der Waals surface area contributed by atoms with Crippen LogP contribution >= 0.6 is 11.8 Å². The minimum atomic E-state index is -0.969. The highest BCUT2D eigenvalue weighted by Gasteiger charge is 2.40. The number of carbonyl (C=O) groups is 1. The predicted octanol–water partition coefficient (Wildman–Crippen LogP) is 2.90. The minimum Gasteiger partial charge on any atom is -0.479 e. The molecule has 0 saturated carbocycles. The maximum absolute atomic E-state index is 13.3. The van der Waals surface area contributed by atoms with Crippen molar-refractivity contribution in [2.75, 3.05) is 16.8 Å². The highest BCUT2D eigenvalue weighted by molar-refractivity contribution is 7.99. The molecular formula is C13H16FNO2S. The van der Waals surface area contributed by atoms with Crippen molar-refractivity contribution in [3.05, 3.63) is 29.6 Å². The average molecular weight is 269 g/mol. The van der Waals surface area contributed by atoms with E-state index in [1.165, 1.54) is 12.1 Å². The molecule has 0 amide bonds. The monoisotopic (exact) mass is 269 g/mol. The molecule has 1 atom stereocenters. The summed E-state index contributed by atoms with van der Waals surface area (Å²) in [5.74, 6) is 0.287. The lowest BCUT2D eigenvalue weighted by atomic mass is 9.95. The first-order valence-corrected chi connectivity index (χ1v) is 7.04. The van der Waals surface area contributed by atoms with Gasteiger partial charge in [0.1, 0.15) is 11.4 Å². The van der Waals surface area contributed by atoms with Crippen LogP contribution in [0.4, 0.5) is 10.1 Å². The summed E-state index contributed by atoms with van der Waals surface area (Å²) in [5.41, 5.74) is 0.349. The Hall–Kier alpha value is -1.23. The van der Waals surface area contributed by atoms with Crippen molar-refractivity contribution in [3.8, 4) is 0 Å². The van der Waals surface area contributed by atoms with Crippen LogP contribution in [0, 0.1) is 12.7 Å². The number of aliphatic carboxylic acids is 1. The van der Waals surface area contributed by atoms with Crippen molar-refractivity contribution in [1.82, 2.24) is 0 Å². The molecule has 98 valence electrons. The van der Waals surface area contributed by atoms with Gasteiger partial charge in [0.25, 0.3) is 0 Å². The summed E-state index contributed by atoms with van der Waals surface area (Å²) in [6.45, 7) is 1.79. The van der Waals surface area contributed by atoms with Gasteiger partial charge in [0.05, 0.1) is 0 Å². The Morgan fingerprint density at radius 2 is 2.28 bits per heavy atom. The number of thioether (sulfide) groups is 1. The SMILES string of the molecule is Cc1cc(F)cc(NC2(C(=O)O)CCCSC2)c1. The number of rotatable bonds is 3. The Bertz CT molecular complexity index is 438. The number of benzene rings is 1. The van der Waals surface area contributed by atoms with E-state index in [1.807, 2.05) is 0 Å². The first kappa shape index (κ1) is 13.2. The molecule has 3 nitrogen and oxygen atoms in total. The van der Waals surface area contributed by atoms with Crippen LogP contribution < -0.4 is 5.32 Å². The maximum Gasteiger partial charge on any atom is 0.330 e. The third kappa shape index (κ3) is 2.77. The molecule has 0 aromatic heterocycles. The zero-order valence-electron chi connectivity index (χ0n) is 10.2. The molecule has 0 radical (unpaired) electrons. The molecule has 2 rings (SSSR count). The van der Waals surface area contributed by atoms with Crippen LogP contribution in [0.2, 0.25) is 0 Å². The summed E-state index contributed by atoms with van der Waals surface area (Å²) in [7, 11) is 0. The summed E-state index contributed by atoms with van der Waals surface area (Å²) in [6, 6.07) is 4.54. The van der Waals surface area contributed by atoms with Crippen LogP contribution in [0.5, 0.6) is 0 Å². The highest BCUT2D eigenvalue weighted by Crippen LogP contribution is 2.31. The lowest BCUT2D eigenvalue weighted by Crippen LogP contribution is -2.50. The van der Waals surface area contributed by atoms with Crippen LogP contribution in [0.3, 0.4) is 0 Å². The lowest BCUT2D eigenvalue weighted by Gasteiger charge is -2.34. The Morgan fingerprint density at radius 1 is 1.50 bits per heavy atom. The first-order chi connectivity index (χ1) is 8.52. The number of carboxylic acid groups (broad SMARTS) is 1. The second-order valence-corrected chi connectivity index (χ2v) is 5.79. The van der Waals surface area contributed by atoms with E-state index in [0.29, 0.717) is 17.9 Å². The van der Waals surface area contributed by atoms with E-state index in [-0.39, 0.29) is 5.82 Å². The number of anilines is 1. The maximum atomic E-state index is 13.3. The van der Waals surface area contributed by atoms with Crippen LogP contribution in [0.25, 0.3) is 0 Å². The number of hydrogen-bond acceptors (Lipinski definition) is 3. The molecule has 1 aliphatic rings. The molecule has 5 heteroatoms. The molecule has 2 N–H and O–H groups in total. The second-order valence-electron chi connectivity index (χ2n) is 4.69. The van der Waals surface area contributed by atoms with Gasteiger partial charge in [-0.2, -0.15) is 11.8 Å². The van der Waals surface area contributed by atoms with Gasteiger partial charge >= 0.3 is 5.97 Å². The van der Waals surface area contributed by atoms with Gasteiger partial charge in [0, 0.05) is 11.4 Å². The van der Waals surface area contributed by atoms with Gasteiger partial charge in [-0.1, -0.05) is 0 Å². The van der Waals surface area contributed by atoms with E-state index in [1.54, 1.807) is 24.8 Å². The standard InChI is InChI=1S/C13H16FNO2S/c1-9-5-10(14)7-11(6-9)15-13(12(16)17)3-2-4-18-8-13/h5-7,15H,2-4,8H2,1H3,(H,16,17). The minimum absolute atomic E-state index is 0.346. The van der Waals surface area contributed by atoms with E-state index in [0.717, 1.165) is 17.7 Å². The molecule has 1 fully saturated rings. The molecule has 0 bridgehead atoms. The molecule has 0 spiro atoms. The zero-order chi connectivity index (χ0) is 13.2. The van der Waals surface area contributed by atoms with Gasteiger partial charge in [0.15, 0.2) is 0 Å². The van der Waals surface area contributed by atoms with Crippen molar-refractivity contribution in [1.29, 1.82) is 0 Å². The van der Waals surface area contributed by atoms with E-state index in [2.05, 4.69) is 5.32 Å². The molecule has 1 aromatic rings. The largest absolute Gasteiger partial charge is 0.479 e. The summed E-state index contributed by atoms with van der Waals surface area (Å²) in [6.07, 6.45) is 1.43. The number of nitrogens with one attached hydrogen (secondary N) is 1. The van der Waals surface area contributed by atoms with Gasteiger partial charge in [0.2, 0.25) is 0 Å². The van der Waals surface area contributed by atoms with Crippen molar-refractivity contribution in [2.24, 2.45) is 0 Å². The predicted molar refractivity (Wildman–Crippen MR) is 71.7 cm³/mol. The number of aryl methyl sites for hydroxylation is 1. The fraction of sp³-hybridized carbons (Fsp3) is 0.462. The molecule has 1 aliphatic heterocycles. The van der Waals surface area contributed by atoms with Crippen LogP contribution in [-0.2, 0) is 4.79 Å². The van der Waals surface area contributed by atoms with Gasteiger partial charge in [-0.25, -0.2) is 9.18 Å². The fourth-order valence-electron chi connectivity index (χ4n) is 2.20. The summed E-state index contributed by atoms with van der Waals surface area (Å²) < 4.78 is 13.3. The molecular weight excluding hydrogens is 253 g/mol. The van der Waals surface area contributed by atoms with E-state index >= 15 is 0 Å². The Kier molecular flexibility index (Phi) is 3.80. The van der Waals surface area contributed by atoms with Crippen molar-refractivity contribution in [3.63, 3.8) is 0 Å². The topological polar surface area (TPSA) is 49.3 Å². The number of hydrogen-bond donors (Lipinski definition) is 2. The van der Waals surface area contributed by atoms with Crippen LogP contribution in [-0.4, -0.2) is 28.1 Å². The molecule has 1 unspecified atom stereocenters. The molecule has 0 aliphatic carbocycles. The molecule has 18 heavy (non-hydrogen) atoms. The molecule has 1 saturated heterocycles. The van der Waals surface area contributed by atoms with E-state index in [9.17, 15) is 14.3 Å². The summed E-state index contributed by atoms with van der Waals surface area (Å²) in [4.78, 5) is 11.5. The van der Waals surface area contributed by atoms with Gasteiger partial charge < -0.3 is 10.4 Å². The van der Waals surface area contributed by atoms with Gasteiger partial charge in [-0.3, -0.25) is 0 Å².